The summed E-state index contributed by atoms with van der Waals surface area (Å²) in [6.07, 6.45) is 8.47. The Morgan fingerprint density at radius 3 is 2.36 bits per heavy atom. The summed E-state index contributed by atoms with van der Waals surface area (Å²) in [6.45, 7) is 8.23. The summed E-state index contributed by atoms with van der Waals surface area (Å²) in [5.74, 6) is 2.65. The highest BCUT2D eigenvalue weighted by atomic mass is 16.5. The van der Waals surface area contributed by atoms with Crippen molar-refractivity contribution in [3.05, 3.63) is 29.8 Å². The molecule has 0 bridgehead atoms. The quantitative estimate of drug-likeness (QED) is 0.660. The predicted octanol–water partition coefficient (Wildman–Crippen LogP) is 5.12. The van der Waals surface area contributed by atoms with Crippen LogP contribution in [0, 0.1) is 11.8 Å². The van der Waals surface area contributed by atoms with Gasteiger partial charge in [-0.3, -0.25) is 4.90 Å². The van der Waals surface area contributed by atoms with Crippen LogP contribution in [-0.4, -0.2) is 25.1 Å². The van der Waals surface area contributed by atoms with Crippen LogP contribution in [-0.2, 0) is 6.54 Å². The van der Waals surface area contributed by atoms with Crippen LogP contribution in [0.4, 0.5) is 0 Å². The van der Waals surface area contributed by atoms with Gasteiger partial charge in [0.15, 0.2) is 0 Å². The second kappa shape index (κ2) is 9.19. The minimum atomic E-state index is 0.782. The normalized spacial score (nSPS) is 16.4. The number of ether oxygens (including phenoxy) is 1. The fraction of sp³-hybridized carbons (Fsp3) is 0.700. The molecule has 0 unspecified atom stereocenters. The lowest BCUT2D eigenvalue weighted by molar-refractivity contribution is 0.185. The van der Waals surface area contributed by atoms with Gasteiger partial charge in [-0.15, -0.1) is 0 Å². The lowest BCUT2D eigenvalue weighted by Crippen LogP contribution is -2.31. The third kappa shape index (κ3) is 6.00. The zero-order chi connectivity index (χ0) is 15.8. The Morgan fingerprint density at radius 1 is 1.09 bits per heavy atom. The largest absolute Gasteiger partial charge is 0.497 e. The summed E-state index contributed by atoms with van der Waals surface area (Å²) < 4.78 is 5.26. The molecule has 1 saturated carbocycles. The molecule has 0 saturated heterocycles. The second-order valence-electron chi connectivity index (χ2n) is 7.27. The number of rotatable bonds is 8. The van der Waals surface area contributed by atoms with E-state index in [9.17, 15) is 0 Å². The Labute approximate surface area is 136 Å². The Bertz CT molecular complexity index is 406. The molecule has 0 atom stereocenters. The molecule has 1 aromatic carbocycles. The molecular weight excluding hydrogens is 270 g/mol. The van der Waals surface area contributed by atoms with Crippen LogP contribution < -0.4 is 4.74 Å². The molecule has 2 heteroatoms. The van der Waals surface area contributed by atoms with Crippen molar-refractivity contribution in [3.8, 4) is 5.75 Å². The molecule has 1 aliphatic rings. The first kappa shape index (κ1) is 17.3. The van der Waals surface area contributed by atoms with Crippen LogP contribution in [0.1, 0.15) is 57.9 Å². The lowest BCUT2D eigenvalue weighted by Gasteiger charge is -2.30. The van der Waals surface area contributed by atoms with Crippen LogP contribution >= 0.6 is 0 Å². The first-order valence-electron chi connectivity index (χ1n) is 9.02. The molecule has 124 valence electrons. The van der Waals surface area contributed by atoms with E-state index in [0.717, 1.165) is 24.1 Å². The van der Waals surface area contributed by atoms with Gasteiger partial charge in [0.25, 0.3) is 0 Å². The van der Waals surface area contributed by atoms with Crippen molar-refractivity contribution in [2.45, 2.75) is 58.9 Å². The van der Waals surface area contributed by atoms with E-state index in [2.05, 4.69) is 43.0 Å². The molecular formula is C20H33NO. The second-order valence-corrected chi connectivity index (χ2v) is 7.27. The maximum atomic E-state index is 5.26. The van der Waals surface area contributed by atoms with Crippen molar-refractivity contribution < 1.29 is 4.74 Å². The zero-order valence-electron chi connectivity index (χ0n) is 14.7. The highest BCUT2D eigenvalue weighted by Gasteiger charge is 2.17. The lowest BCUT2D eigenvalue weighted by atomic mass is 9.88. The van der Waals surface area contributed by atoms with Crippen molar-refractivity contribution in [2.75, 3.05) is 20.2 Å². The average molecular weight is 303 g/mol. The molecule has 2 rings (SSSR count). The number of methoxy groups -OCH3 is 1. The number of hydrogen-bond donors (Lipinski definition) is 0. The minimum absolute atomic E-state index is 0.782. The number of nitrogens with zero attached hydrogens (tertiary/aromatic N) is 1. The maximum absolute atomic E-state index is 5.26. The van der Waals surface area contributed by atoms with E-state index in [4.69, 9.17) is 4.74 Å². The summed E-state index contributed by atoms with van der Waals surface area (Å²) in [4.78, 5) is 2.68. The van der Waals surface area contributed by atoms with Gasteiger partial charge in [0, 0.05) is 13.1 Å². The first-order chi connectivity index (χ1) is 10.7. The van der Waals surface area contributed by atoms with Gasteiger partial charge in [0.1, 0.15) is 5.75 Å². The average Bonchev–Trinajstić information content (AvgIpc) is 2.54. The topological polar surface area (TPSA) is 12.5 Å². The van der Waals surface area contributed by atoms with Gasteiger partial charge >= 0.3 is 0 Å². The summed E-state index contributed by atoms with van der Waals surface area (Å²) >= 11 is 0. The monoisotopic (exact) mass is 303 g/mol. The highest BCUT2D eigenvalue weighted by Crippen LogP contribution is 2.25. The van der Waals surface area contributed by atoms with E-state index in [-0.39, 0.29) is 0 Å². The zero-order valence-corrected chi connectivity index (χ0v) is 14.7. The van der Waals surface area contributed by atoms with E-state index in [1.54, 1.807) is 7.11 Å². The van der Waals surface area contributed by atoms with Gasteiger partial charge < -0.3 is 4.74 Å². The molecule has 1 aromatic rings. The van der Waals surface area contributed by atoms with E-state index in [1.807, 2.05) is 0 Å². The van der Waals surface area contributed by atoms with Crippen LogP contribution in [0.15, 0.2) is 24.3 Å². The van der Waals surface area contributed by atoms with Crippen LogP contribution in [0.2, 0.25) is 0 Å². The Morgan fingerprint density at radius 2 is 1.77 bits per heavy atom. The van der Waals surface area contributed by atoms with Gasteiger partial charge in [-0.25, -0.2) is 0 Å². The van der Waals surface area contributed by atoms with Crippen molar-refractivity contribution >= 4 is 0 Å². The van der Waals surface area contributed by atoms with Gasteiger partial charge in [-0.05, 0) is 55.3 Å². The fourth-order valence-corrected chi connectivity index (χ4v) is 3.40. The van der Waals surface area contributed by atoms with Crippen LogP contribution in [0.3, 0.4) is 0 Å². The van der Waals surface area contributed by atoms with Gasteiger partial charge in [-0.1, -0.05) is 45.2 Å². The van der Waals surface area contributed by atoms with Crippen molar-refractivity contribution in [1.82, 2.24) is 4.90 Å². The molecule has 2 nitrogen and oxygen atoms in total. The Kier molecular flexibility index (Phi) is 7.24. The Hall–Kier alpha value is -1.02. The third-order valence-corrected chi connectivity index (χ3v) is 4.83. The van der Waals surface area contributed by atoms with E-state index < -0.39 is 0 Å². The van der Waals surface area contributed by atoms with Crippen LogP contribution in [0.5, 0.6) is 5.75 Å². The van der Waals surface area contributed by atoms with Crippen LogP contribution in [0.25, 0.3) is 0 Å². The standard InChI is InChI=1S/C20H33NO/c1-17(2)13-14-21(15-18-7-5-4-6-8-18)16-19-9-11-20(22-3)12-10-19/h9-12,17-18H,4-8,13-16H2,1-3H3. The van der Waals surface area contributed by atoms with Gasteiger partial charge in [0.05, 0.1) is 7.11 Å². The van der Waals surface area contributed by atoms with Gasteiger partial charge in [-0.2, -0.15) is 0 Å². The minimum Gasteiger partial charge on any atom is -0.497 e. The van der Waals surface area contributed by atoms with Crippen molar-refractivity contribution in [2.24, 2.45) is 11.8 Å². The van der Waals surface area contributed by atoms with Crippen molar-refractivity contribution in [1.29, 1.82) is 0 Å². The van der Waals surface area contributed by atoms with Gasteiger partial charge in [0.2, 0.25) is 0 Å². The first-order valence-corrected chi connectivity index (χ1v) is 9.02. The molecule has 1 aliphatic carbocycles. The number of hydrogen-bond acceptors (Lipinski definition) is 2. The molecule has 0 radical (unpaired) electrons. The van der Waals surface area contributed by atoms with E-state index in [0.29, 0.717) is 0 Å². The molecule has 0 heterocycles. The molecule has 0 aromatic heterocycles. The van der Waals surface area contributed by atoms with E-state index in [1.165, 1.54) is 57.2 Å². The Balaban J connectivity index is 1.92. The molecule has 0 N–H and O–H groups in total. The number of benzene rings is 1. The van der Waals surface area contributed by atoms with Crippen molar-refractivity contribution in [3.63, 3.8) is 0 Å². The highest BCUT2D eigenvalue weighted by molar-refractivity contribution is 5.27. The van der Waals surface area contributed by atoms with E-state index >= 15 is 0 Å². The summed E-state index contributed by atoms with van der Waals surface area (Å²) in [7, 11) is 1.73. The predicted molar refractivity (Wildman–Crippen MR) is 94.3 cm³/mol. The molecule has 22 heavy (non-hydrogen) atoms. The maximum Gasteiger partial charge on any atom is 0.118 e. The fourth-order valence-electron chi connectivity index (χ4n) is 3.40. The molecule has 0 amide bonds. The summed E-state index contributed by atoms with van der Waals surface area (Å²) in [6, 6.07) is 8.58. The SMILES string of the molecule is COc1ccc(CN(CCC(C)C)CC2CCCCC2)cc1. The smallest absolute Gasteiger partial charge is 0.118 e. The molecule has 0 spiro atoms. The molecule has 0 aliphatic heterocycles. The molecule has 1 fully saturated rings. The summed E-state index contributed by atoms with van der Waals surface area (Å²) in [5.41, 5.74) is 1.40. The summed E-state index contributed by atoms with van der Waals surface area (Å²) in [5, 5.41) is 0. The third-order valence-electron chi connectivity index (χ3n) is 4.83.